The van der Waals surface area contributed by atoms with Crippen molar-refractivity contribution in [2.75, 3.05) is 0 Å². The van der Waals surface area contributed by atoms with Gasteiger partial charge in [-0.3, -0.25) is 4.98 Å². The van der Waals surface area contributed by atoms with Gasteiger partial charge in [-0.25, -0.2) is 8.89 Å². The van der Waals surface area contributed by atoms with Crippen molar-refractivity contribution in [3.8, 4) is 5.69 Å². The van der Waals surface area contributed by atoms with Crippen LogP contribution in [0.3, 0.4) is 0 Å². The fraction of sp³-hybridized carbons (Fsp3) is 0.0625. The van der Waals surface area contributed by atoms with Gasteiger partial charge >= 0.3 is 0 Å². The Balaban J connectivity index is 1.81. The van der Waals surface area contributed by atoms with Gasteiger partial charge in [0.2, 0.25) is 11.2 Å². The number of hydrogen-bond acceptors (Lipinski definition) is 4. The lowest BCUT2D eigenvalue weighted by Gasteiger charge is -1.99. The van der Waals surface area contributed by atoms with Gasteiger partial charge in [0.15, 0.2) is 0 Å². The van der Waals surface area contributed by atoms with E-state index in [1.807, 2.05) is 24.3 Å². The summed E-state index contributed by atoms with van der Waals surface area (Å²) >= 11 is -2.45. The third-order valence-electron chi connectivity index (χ3n) is 3.65. The molecule has 0 saturated heterocycles. The minimum atomic E-state index is -2.45. The van der Waals surface area contributed by atoms with Crippen LogP contribution in [0.5, 0.6) is 0 Å². The highest BCUT2D eigenvalue weighted by molar-refractivity contribution is 7.82. The number of allylic oxidation sites excluding steroid dienone is 2. The fourth-order valence-corrected chi connectivity index (χ4v) is 3.00. The van der Waals surface area contributed by atoms with Gasteiger partial charge < -0.3 is 0 Å². The SMILES string of the molecule is CC(=C/S(=O)F)/C=C1\c2cncc(-n3nnc4ccccc43)c21. The van der Waals surface area contributed by atoms with Gasteiger partial charge in [0.1, 0.15) is 5.52 Å². The maximum Gasteiger partial charge on any atom is 0.224 e. The van der Waals surface area contributed by atoms with Crippen LogP contribution in [0.15, 0.2) is 53.7 Å². The molecule has 1 atom stereocenters. The molecule has 0 aliphatic heterocycles. The summed E-state index contributed by atoms with van der Waals surface area (Å²) < 4.78 is 24.9. The minimum absolute atomic E-state index is 0.603. The molecule has 2 heterocycles. The van der Waals surface area contributed by atoms with Crippen LogP contribution in [-0.2, 0) is 11.2 Å². The average Bonchev–Trinajstić information content (AvgIpc) is 3.05. The van der Waals surface area contributed by atoms with Crippen LogP contribution in [-0.4, -0.2) is 24.2 Å². The van der Waals surface area contributed by atoms with Crippen molar-refractivity contribution in [1.29, 1.82) is 0 Å². The van der Waals surface area contributed by atoms with Gasteiger partial charge in [-0.1, -0.05) is 17.3 Å². The second-order valence-corrected chi connectivity index (χ2v) is 5.97. The van der Waals surface area contributed by atoms with Crippen molar-refractivity contribution < 1.29 is 8.09 Å². The lowest BCUT2D eigenvalue weighted by atomic mass is 10.2. The highest BCUT2D eigenvalue weighted by Gasteiger charge is 2.30. The third-order valence-corrected chi connectivity index (χ3v) is 4.21. The Bertz CT molecular complexity index is 1020. The molecule has 1 aliphatic rings. The summed E-state index contributed by atoms with van der Waals surface area (Å²) in [6.45, 7) is 1.71. The van der Waals surface area contributed by atoms with Gasteiger partial charge in [-0.15, -0.1) is 8.98 Å². The van der Waals surface area contributed by atoms with Gasteiger partial charge in [0, 0.05) is 22.7 Å². The number of halogens is 1. The number of benzene rings is 1. The number of fused-ring (bicyclic) bond motifs is 2. The largest absolute Gasteiger partial charge is 0.262 e. The number of rotatable bonds is 3. The zero-order chi connectivity index (χ0) is 16.0. The molecule has 1 aromatic carbocycles. The van der Waals surface area contributed by atoms with Crippen molar-refractivity contribution in [3.05, 3.63) is 64.8 Å². The molecule has 5 nitrogen and oxygen atoms in total. The molecule has 0 amide bonds. The standard InChI is InChI=1S/C16H11FN4OS/c1-10(9-23(17)22)6-11-12-7-18-8-15(16(11)12)21-14-5-3-2-4-13(14)19-20-21/h2-9H,1H3/b10-9-,11-6+. The molecule has 0 spiro atoms. The second-order valence-electron chi connectivity index (χ2n) is 5.24. The van der Waals surface area contributed by atoms with E-state index in [9.17, 15) is 8.09 Å². The molecule has 0 radical (unpaired) electrons. The van der Waals surface area contributed by atoms with E-state index in [0.717, 1.165) is 38.8 Å². The average molecular weight is 326 g/mol. The van der Waals surface area contributed by atoms with E-state index in [0.29, 0.717) is 5.57 Å². The van der Waals surface area contributed by atoms with E-state index in [1.165, 1.54) is 0 Å². The van der Waals surface area contributed by atoms with Crippen LogP contribution in [0.4, 0.5) is 3.89 Å². The van der Waals surface area contributed by atoms with Gasteiger partial charge in [0.05, 0.1) is 17.4 Å². The van der Waals surface area contributed by atoms with E-state index in [2.05, 4.69) is 15.3 Å². The Morgan fingerprint density at radius 2 is 2.13 bits per heavy atom. The van der Waals surface area contributed by atoms with E-state index in [-0.39, 0.29) is 0 Å². The summed E-state index contributed by atoms with van der Waals surface area (Å²) in [5.74, 6) is 0. The molecule has 23 heavy (non-hydrogen) atoms. The van der Waals surface area contributed by atoms with E-state index >= 15 is 0 Å². The summed E-state index contributed by atoms with van der Waals surface area (Å²) in [6, 6.07) is 7.68. The maximum absolute atomic E-state index is 12.6. The Morgan fingerprint density at radius 1 is 1.30 bits per heavy atom. The van der Waals surface area contributed by atoms with Gasteiger partial charge in [0.25, 0.3) is 0 Å². The van der Waals surface area contributed by atoms with E-state index < -0.39 is 11.2 Å². The van der Waals surface area contributed by atoms with Crippen molar-refractivity contribution in [1.82, 2.24) is 20.0 Å². The topological polar surface area (TPSA) is 60.7 Å². The minimum Gasteiger partial charge on any atom is -0.262 e. The van der Waals surface area contributed by atoms with Crippen LogP contribution in [0.2, 0.25) is 0 Å². The molecule has 7 heteroatoms. The lowest BCUT2D eigenvalue weighted by Crippen LogP contribution is -1.97. The van der Waals surface area contributed by atoms with E-state index in [1.54, 1.807) is 30.1 Å². The first-order valence-corrected chi connectivity index (χ1v) is 8.03. The second kappa shape index (κ2) is 5.20. The first kappa shape index (κ1) is 14.0. The van der Waals surface area contributed by atoms with Crippen LogP contribution in [0.1, 0.15) is 18.1 Å². The quantitative estimate of drug-likeness (QED) is 0.543. The van der Waals surface area contributed by atoms with Crippen molar-refractivity contribution in [3.63, 3.8) is 0 Å². The molecule has 1 aliphatic carbocycles. The molecule has 3 aromatic rings. The van der Waals surface area contributed by atoms with Crippen LogP contribution < -0.4 is 0 Å². The number of nitrogens with zero attached hydrogens (tertiary/aromatic N) is 4. The lowest BCUT2D eigenvalue weighted by molar-refractivity contribution is 0.657. The molecule has 1 unspecified atom stereocenters. The summed E-state index contributed by atoms with van der Waals surface area (Å²) in [5.41, 5.74) is 6.08. The summed E-state index contributed by atoms with van der Waals surface area (Å²) in [6.07, 6.45) is 5.28. The zero-order valence-electron chi connectivity index (χ0n) is 12.1. The number of para-hydroxylation sites is 1. The predicted molar refractivity (Wildman–Crippen MR) is 86.7 cm³/mol. The molecule has 2 aromatic heterocycles. The van der Waals surface area contributed by atoms with Crippen molar-refractivity contribution >= 4 is 27.8 Å². The van der Waals surface area contributed by atoms with Gasteiger partial charge in [-0.2, -0.15) is 0 Å². The Morgan fingerprint density at radius 3 is 2.96 bits per heavy atom. The molecular formula is C16H11FN4OS. The Labute approximate surface area is 133 Å². The first-order chi connectivity index (χ1) is 11.1. The number of pyridine rings is 1. The van der Waals surface area contributed by atoms with Crippen molar-refractivity contribution in [2.24, 2.45) is 0 Å². The third kappa shape index (κ3) is 2.39. The molecule has 0 bridgehead atoms. The summed E-state index contributed by atoms with van der Waals surface area (Å²) in [5, 5.41) is 9.42. The summed E-state index contributed by atoms with van der Waals surface area (Å²) in [4.78, 5) is 4.23. The zero-order valence-corrected chi connectivity index (χ0v) is 12.9. The van der Waals surface area contributed by atoms with Crippen LogP contribution in [0.25, 0.3) is 22.3 Å². The molecule has 0 saturated carbocycles. The van der Waals surface area contributed by atoms with Crippen LogP contribution >= 0.6 is 0 Å². The maximum atomic E-state index is 12.6. The Kier molecular flexibility index (Phi) is 3.16. The monoisotopic (exact) mass is 326 g/mol. The molecule has 114 valence electrons. The van der Waals surface area contributed by atoms with Crippen LogP contribution in [0, 0.1) is 0 Å². The van der Waals surface area contributed by atoms with Gasteiger partial charge in [-0.05, 0) is 36.3 Å². The van der Waals surface area contributed by atoms with Crippen molar-refractivity contribution in [2.45, 2.75) is 6.92 Å². The highest BCUT2D eigenvalue weighted by atomic mass is 32.2. The summed E-state index contributed by atoms with van der Waals surface area (Å²) in [7, 11) is 0. The fourth-order valence-electron chi connectivity index (χ4n) is 2.64. The van der Waals surface area contributed by atoms with E-state index in [4.69, 9.17) is 0 Å². The normalized spacial score (nSPS) is 16.6. The first-order valence-electron chi connectivity index (χ1n) is 6.91. The predicted octanol–water partition coefficient (Wildman–Crippen LogP) is 3.10. The number of hydrogen-bond donors (Lipinski definition) is 0. The molecular weight excluding hydrogens is 315 g/mol. The molecule has 0 fully saturated rings. The smallest absolute Gasteiger partial charge is 0.224 e. The molecule has 4 rings (SSSR count). The number of aromatic nitrogens is 4. The Hall–Kier alpha value is -2.67. The highest BCUT2D eigenvalue weighted by Crippen LogP contribution is 2.46. The molecule has 0 N–H and O–H groups in total.